The maximum absolute atomic E-state index is 7.05. The van der Waals surface area contributed by atoms with E-state index in [1.165, 1.54) is 0 Å². The molecule has 0 saturated carbocycles. The fourth-order valence-corrected chi connectivity index (χ4v) is 31.8. The van der Waals surface area contributed by atoms with Gasteiger partial charge in [0.05, 0.1) is 0 Å². The predicted molar refractivity (Wildman–Crippen MR) is 195 cm³/mol. The minimum Gasteiger partial charge on any atom is -0.420 e. The maximum atomic E-state index is 7.05. The molecule has 0 atom stereocenters. The summed E-state index contributed by atoms with van der Waals surface area (Å²) in [6, 6.07) is 6.92. The van der Waals surface area contributed by atoms with Gasteiger partial charge < -0.3 is 28.8 Å². The Labute approximate surface area is 273 Å². The molecule has 0 bridgehead atoms. The molecule has 7 nitrogen and oxygen atoms in total. The van der Waals surface area contributed by atoms with Crippen LogP contribution < -0.4 is 0 Å². The largest absolute Gasteiger partial charge is 0.420 e. The fraction of sp³-hybridized carbons (Fsp3) is 1.00. The molecular weight excluding hydrogens is 645 g/mol. The SMILES string of the molecule is CC(C)C[SiH]1O[SiH](CC(C)C)O[SiH](CC(C)C)O[SiH](CC(C)C)O[SiH](CC(C)C)O[SiH](CC(C)C)O[SiH](CC(C)C)O1. The molecule has 1 aliphatic rings. The zero-order chi connectivity index (χ0) is 32.0. The van der Waals surface area contributed by atoms with Gasteiger partial charge >= 0.3 is 65.0 Å². The zero-order valence-corrected chi connectivity index (χ0v) is 38.0. The lowest BCUT2D eigenvalue weighted by Gasteiger charge is -2.36. The Morgan fingerprint density at radius 2 is 0.333 bits per heavy atom. The first-order valence-electron chi connectivity index (χ1n) is 17.1. The topological polar surface area (TPSA) is 64.6 Å². The van der Waals surface area contributed by atoms with Gasteiger partial charge in [-0.25, -0.2) is 0 Å². The van der Waals surface area contributed by atoms with Crippen molar-refractivity contribution < 1.29 is 28.8 Å². The first kappa shape index (κ1) is 41.3. The Balaban J connectivity index is 3.61. The normalized spacial score (nSPS) is 29.5. The van der Waals surface area contributed by atoms with E-state index in [1.54, 1.807) is 0 Å². The third kappa shape index (κ3) is 20.4. The highest BCUT2D eigenvalue weighted by Gasteiger charge is 2.37. The highest BCUT2D eigenvalue weighted by molar-refractivity contribution is 6.74. The van der Waals surface area contributed by atoms with Gasteiger partial charge in [-0.3, -0.25) is 0 Å². The van der Waals surface area contributed by atoms with Crippen LogP contribution in [-0.2, 0) is 28.8 Å². The fourth-order valence-electron chi connectivity index (χ4n) is 4.88. The number of rotatable bonds is 14. The average Bonchev–Trinajstić information content (AvgIpc) is 2.74. The van der Waals surface area contributed by atoms with E-state index in [-0.39, 0.29) is 0 Å². The summed E-state index contributed by atoms with van der Waals surface area (Å²) in [5.74, 6) is 3.61. The lowest BCUT2D eigenvalue weighted by atomic mass is 10.3. The van der Waals surface area contributed by atoms with Crippen molar-refractivity contribution in [2.24, 2.45) is 41.4 Å². The second-order valence-electron chi connectivity index (χ2n) is 15.4. The molecule has 0 aliphatic carbocycles. The van der Waals surface area contributed by atoms with E-state index in [4.69, 9.17) is 28.8 Å². The van der Waals surface area contributed by atoms with Crippen LogP contribution in [0.5, 0.6) is 0 Å². The smallest absolute Gasteiger partial charge is 0.303 e. The molecule has 0 aromatic heterocycles. The van der Waals surface area contributed by atoms with Crippen LogP contribution in [-0.4, -0.2) is 65.0 Å². The molecule has 0 spiro atoms. The van der Waals surface area contributed by atoms with Gasteiger partial charge in [0.15, 0.2) is 0 Å². The van der Waals surface area contributed by atoms with E-state index >= 15 is 0 Å². The summed E-state index contributed by atoms with van der Waals surface area (Å²) in [4.78, 5) is 0. The molecule has 1 saturated heterocycles. The van der Waals surface area contributed by atoms with Crippen LogP contribution in [0.15, 0.2) is 0 Å². The minimum atomic E-state index is -2.01. The van der Waals surface area contributed by atoms with E-state index in [2.05, 4.69) is 96.9 Å². The van der Waals surface area contributed by atoms with Gasteiger partial charge in [0, 0.05) is 0 Å². The van der Waals surface area contributed by atoms with Crippen LogP contribution in [0, 0.1) is 41.4 Å². The molecule has 1 aliphatic heterocycles. The van der Waals surface area contributed by atoms with Crippen molar-refractivity contribution in [3.8, 4) is 0 Å². The molecule has 0 aromatic rings. The molecule has 0 unspecified atom stereocenters. The van der Waals surface area contributed by atoms with Gasteiger partial charge in [0.25, 0.3) is 0 Å². The van der Waals surface area contributed by atoms with Crippen molar-refractivity contribution in [2.75, 3.05) is 0 Å². The van der Waals surface area contributed by atoms with Crippen molar-refractivity contribution in [3.05, 3.63) is 0 Å². The number of hydrogen-bond donors (Lipinski definition) is 0. The van der Waals surface area contributed by atoms with Gasteiger partial charge in [-0.2, -0.15) is 0 Å². The summed E-state index contributed by atoms with van der Waals surface area (Å²) in [5.41, 5.74) is 0. The summed E-state index contributed by atoms with van der Waals surface area (Å²) < 4.78 is 49.3. The molecule has 42 heavy (non-hydrogen) atoms. The van der Waals surface area contributed by atoms with Crippen LogP contribution in [0.25, 0.3) is 0 Å². The van der Waals surface area contributed by atoms with Gasteiger partial charge in [-0.15, -0.1) is 0 Å². The quantitative estimate of drug-likeness (QED) is 0.197. The summed E-state index contributed by atoms with van der Waals surface area (Å²) in [6.45, 7) is 32.0. The Bertz CT molecular complexity index is 518. The zero-order valence-electron chi connectivity index (χ0n) is 29.9. The summed E-state index contributed by atoms with van der Waals surface area (Å²) in [7, 11) is -14.1. The standard InChI is InChI=1S/C28H70O7Si7/c1-22(2)15-36-29-37(16-23(3)4)31-39(18-25(7)8)33-41(20-27(11)12)35-42(21-28(13)14)34-40(19-26(9)10)32-38(30-36)17-24(5)6/h22-28,36-42H,15-21H2,1-14H3. The monoisotopic (exact) mass is 714 g/mol. The van der Waals surface area contributed by atoms with Crippen LogP contribution >= 0.6 is 0 Å². The average molecular weight is 715 g/mol. The summed E-state index contributed by atoms with van der Waals surface area (Å²) in [5, 5.41) is 0. The van der Waals surface area contributed by atoms with Gasteiger partial charge in [0.1, 0.15) is 0 Å². The van der Waals surface area contributed by atoms with E-state index < -0.39 is 65.0 Å². The van der Waals surface area contributed by atoms with Gasteiger partial charge in [-0.1, -0.05) is 96.9 Å². The second-order valence-corrected chi connectivity index (χ2v) is 32.3. The highest BCUT2D eigenvalue weighted by atomic mass is 28.5. The molecule has 1 fully saturated rings. The van der Waals surface area contributed by atoms with Crippen molar-refractivity contribution in [1.29, 1.82) is 0 Å². The Kier molecular flexibility index (Phi) is 21.5. The minimum absolute atomic E-state index is 0.516. The first-order valence-corrected chi connectivity index (χ1v) is 29.4. The molecule has 0 amide bonds. The van der Waals surface area contributed by atoms with Crippen LogP contribution in [0.4, 0.5) is 0 Å². The van der Waals surface area contributed by atoms with Crippen LogP contribution in [0.2, 0.25) is 42.3 Å². The van der Waals surface area contributed by atoms with Gasteiger partial charge in [-0.05, 0) is 83.7 Å². The summed E-state index contributed by atoms with van der Waals surface area (Å²) >= 11 is 0. The molecule has 1 rings (SSSR count). The van der Waals surface area contributed by atoms with Crippen LogP contribution in [0.3, 0.4) is 0 Å². The van der Waals surface area contributed by atoms with Crippen molar-refractivity contribution in [2.45, 2.75) is 139 Å². The maximum Gasteiger partial charge on any atom is 0.303 e. The first-order chi connectivity index (χ1) is 19.5. The molecule has 0 aromatic carbocycles. The van der Waals surface area contributed by atoms with Crippen molar-refractivity contribution >= 4 is 65.0 Å². The second kappa shape index (κ2) is 21.9. The Hall–Kier alpha value is 1.24. The molecule has 14 heteroatoms. The van der Waals surface area contributed by atoms with Crippen molar-refractivity contribution in [1.82, 2.24) is 0 Å². The van der Waals surface area contributed by atoms with E-state index in [0.717, 1.165) is 42.3 Å². The molecule has 0 N–H and O–H groups in total. The van der Waals surface area contributed by atoms with Crippen LogP contribution in [0.1, 0.15) is 96.9 Å². The third-order valence-corrected chi connectivity index (χ3v) is 33.1. The molecular formula is C28H70O7Si7. The van der Waals surface area contributed by atoms with E-state index in [9.17, 15) is 0 Å². The number of hydrogen-bond acceptors (Lipinski definition) is 7. The molecule has 252 valence electrons. The Morgan fingerprint density at radius 3 is 0.405 bits per heavy atom. The van der Waals surface area contributed by atoms with Crippen molar-refractivity contribution in [3.63, 3.8) is 0 Å². The Morgan fingerprint density at radius 1 is 0.238 bits per heavy atom. The molecule has 0 radical (unpaired) electrons. The lowest BCUT2D eigenvalue weighted by molar-refractivity contribution is 0.270. The van der Waals surface area contributed by atoms with E-state index in [1.807, 2.05) is 0 Å². The summed E-state index contributed by atoms with van der Waals surface area (Å²) in [6.07, 6.45) is 0. The lowest BCUT2D eigenvalue weighted by Crippen LogP contribution is -2.49. The predicted octanol–water partition coefficient (Wildman–Crippen LogP) is 6.25. The third-order valence-electron chi connectivity index (χ3n) is 6.77. The highest BCUT2D eigenvalue weighted by Crippen LogP contribution is 2.24. The van der Waals surface area contributed by atoms with Gasteiger partial charge in [0.2, 0.25) is 0 Å². The molecule has 1 heterocycles. The van der Waals surface area contributed by atoms with E-state index in [0.29, 0.717) is 41.4 Å².